The third kappa shape index (κ3) is 4.91. The maximum Gasteiger partial charge on any atom is 0.277 e. The number of hydrogen-bond donors (Lipinski definition) is 1. The van der Waals surface area contributed by atoms with Gasteiger partial charge in [0.2, 0.25) is 10.0 Å². The van der Waals surface area contributed by atoms with E-state index >= 15 is 0 Å². The molecule has 0 atom stereocenters. The molecule has 3 aromatic rings. The fraction of sp³-hybridized carbons (Fsp3) is 0.560. The highest BCUT2D eigenvalue weighted by Gasteiger charge is 2.31. The summed E-state index contributed by atoms with van der Waals surface area (Å²) in [5.74, 6) is 1.40. The normalized spacial score (nSPS) is 15.7. The predicted molar refractivity (Wildman–Crippen MR) is 139 cm³/mol. The van der Waals surface area contributed by atoms with Crippen molar-refractivity contribution < 1.29 is 13.2 Å². The highest BCUT2D eigenvalue weighted by Crippen LogP contribution is 2.32. The second kappa shape index (κ2) is 10.7. The Morgan fingerprint density at radius 2 is 1.92 bits per heavy atom. The fourth-order valence-corrected chi connectivity index (χ4v) is 6.19. The Kier molecular flexibility index (Phi) is 7.82. The van der Waals surface area contributed by atoms with Crippen molar-refractivity contribution in [2.45, 2.75) is 63.8 Å². The Labute approximate surface area is 212 Å². The maximum atomic E-state index is 13.6. The molecule has 3 heterocycles. The minimum absolute atomic E-state index is 0.0643. The van der Waals surface area contributed by atoms with E-state index in [-0.39, 0.29) is 22.3 Å². The molecule has 0 bridgehead atoms. The van der Waals surface area contributed by atoms with Crippen molar-refractivity contribution in [1.82, 2.24) is 28.8 Å². The lowest BCUT2D eigenvalue weighted by atomic mass is 10.1. The molecule has 1 N–H and O–H groups in total. The number of nitrogens with zero attached hydrogens (tertiary/aromatic N) is 5. The first-order valence-electron chi connectivity index (χ1n) is 12.7. The Hall–Kier alpha value is -2.76. The van der Waals surface area contributed by atoms with E-state index in [0.29, 0.717) is 47.8 Å². The number of hydrogen-bond acceptors (Lipinski definition) is 7. The third-order valence-electron chi connectivity index (χ3n) is 6.83. The number of rotatable bonds is 9. The van der Waals surface area contributed by atoms with Crippen LogP contribution in [0.15, 0.2) is 27.9 Å². The van der Waals surface area contributed by atoms with Crippen molar-refractivity contribution >= 4 is 15.5 Å². The van der Waals surface area contributed by atoms with Crippen molar-refractivity contribution in [2.75, 3.05) is 33.8 Å². The van der Waals surface area contributed by atoms with E-state index in [1.54, 1.807) is 29.8 Å². The van der Waals surface area contributed by atoms with Crippen LogP contribution in [0, 0.1) is 0 Å². The Balaban J connectivity index is 1.82. The molecular weight excluding hydrogens is 480 g/mol. The number of aromatic nitrogens is 4. The monoisotopic (exact) mass is 516 g/mol. The highest BCUT2D eigenvalue weighted by molar-refractivity contribution is 7.89. The molecule has 196 valence electrons. The van der Waals surface area contributed by atoms with E-state index in [2.05, 4.69) is 14.9 Å². The van der Waals surface area contributed by atoms with Gasteiger partial charge in [-0.3, -0.25) is 4.79 Å². The van der Waals surface area contributed by atoms with Crippen molar-refractivity contribution in [1.29, 1.82) is 0 Å². The van der Waals surface area contributed by atoms with Crippen LogP contribution in [0.2, 0.25) is 0 Å². The van der Waals surface area contributed by atoms with Gasteiger partial charge in [0, 0.05) is 19.5 Å². The van der Waals surface area contributed by atoms with Crippen LogP contribution in [0.4, 0.5) is 0 Å². The molecule has 0 unspecified atom stereocenters. The van der Waals surface area contributed by atoms with E-state index in [4.69, 9.17) is 9.84 Å². The van der Waals surface area contributed by atoms with Crippen LogP contribution in [0.25, 0.3) is 16.9 Å². The third-order valence-corrected chi connectivity index (χ3v) is 8.74. The number of likely N-dealkylation sites (tertiary alicyclic amines) is 1. The molecule has 36 heavy (non-hydrogen) atoms. The van der Waals surface area contributed by atoms with E-state index in [1.165, 1.54) is 4.31 Å². The number of sulfonamides is 1. The van der Waals surface area contributed by atoms with Crippen LogP contribution in [-0.2, 0) is 22.9 Å². The largest absolute Gasteiger partial charge is 0.493 e. The summed E-state index contributed by atoms with van der Waals surface area (Å²) in [6.07, 6.45) is 3.70. The van der Waals surface area contributed by atoms with Gasteiger partial charge in [-0.05, 0) is 70.9 Å². The van der Waals surface area contributed by atoms with Gasteiger partial charge < -0.3 is 14.6 Å². The lowest BCUT2D eigenvalue weighted by Gasteiger charge is -2.34. The van der Waals surface area contributed by atoms with Crippen molar-refractivity contribution in [3.8, 4) is 17.1 Å². The van der Waals surface area contributed by atoms with Crippen LogP contribution in [-0.4, -0.2) is 77.0 Å². The number of nitrogens with one attached hydrogen (secondary N) is 1. The number of H-pyrrole nitrogens is 1. The molecule has 11 heteroatoms. The highest BCUT2D eigenvalue weighted by atomic mass is 32.2. The lowest BCUT2D eigenvalue weighted by Crippen LogP contribution is -2.44. The molecule has 1 aromatic carbocycles. The Morgan fingerprint density at radius 1 is 1.19 bits per heavy atom. The minimum Gasteiger partial charge on any atom is -0.493 e. The molecule has 0 spiro atoms. The van der Waals surface area contributed by atoms with Crippen molar-refractivity contribution in [2.24, 2.45) is 0 Å². The summed E-state index contributed by atoms with van der Waals surface area (Å²) in [7, 11) is -0.0806. The molecule has 0 aliphatic carbocycles. The molecule has 0 saturated carbocycles. The van der Waals surface area contributed by atoms with Crippen LogP contribution in [0.5, 0.6) is 5.75 Å². The summed E-state index contributed by atoms with van der Waals surface area (Å²) >= 11 is 0. The quantitative estimate of drug-likeness (QED) is 0.465. The summed E-state index contributed by atoms with van der Waals surface area (Å²) in [6, 6.07) is 4.68. The molecule has 10 nitrogen and oxygen atoms in total. The number of ether oxygens (including phenoxy) is 1. The van der Waals surface area contributed by atoms with Gasteiger partial charge >= 0.3 is 0 Å². The Bertz CT molecular complexity index is 1390. The van der Waals surface area contributed by atoms with Crippen LogP contribution in [0.1, 0.15) is 51.6 Å². The molecular formula is C25H36N6O4S. The maximum absolute atomic E-state index is 13.6. The lowest BCUT2D eigenvalue weighted by molar-refractivity contribution is 0.197. The number of imidazole rings is 1. The van der Waals surface area contributed by atoms with Gasteiger partial charge in [-0.1, -0.05) is 13.8 Å². The van der Waals surface area contributed by atoms with Gasteiger partial charge in [-0.15, -0.1) is 5.10 Å². The van der Waals surface area contributed by atoms with Gasteiger partial charge in [0.15, 0.2) is 11.3 Å². The van der Waals surface area contributed by atoms with Gasteiger partial charge in [-0.25, -0.2) is 17.9 Å². The topological polar surface area (TPSA) is 113 Å². The van der Waals surface area contributed by atoms with Gasteiger partial charge in [-0.2, -0.15) is 4.31 Å². The number of aryl methyl sites for hydroxylation is 2. The zero-order chi connectivity index (χ0) is 26.0. The standard InChI is InChI=1S/C25H36N6O4S/c1-6-9-22-26-20(7-2)23-25(32)27-24(28-31(22)23)19-16-18(10-11-21(19)35-8-3)36(33,34)30(5)17-12-14-29(4)15-13-17/h10-11,16-17H,6-9,12-15H2,1-5H3,(H,27,28,32). The van der Waals surface area contributed by atoms with Crippen molar-refractivity contribution in [3.63, 3.8) is 0 Å². The van der Waals surface area contributed by atoms with E-state index in [1.807, 2.05) is 27.8 Å². The number of benzene rings is 1. The van der Waals surface area contributed by atoms with Crippen LogP contribution >= 0.6 is 0 Å². The summed E-state index contributed by atoms with van der Waals surface area (Å²) in [5, 5.41) is 4.71. The molecule has 1 saturated heterocycles. The smallest absolute Gasteiger partial charge is 0.277 e. The minimum atomic E-state index is -3.77. The Morgan fingerprint density at radius 3 is 2.56 bits per heavy atom. The molecule has 1 fully saturated rings. The zero-order valence-electron chi connectivity index (χ0n) is 21.7. The predicted octanol–water partition coefficient (Wildman–Crippen LogP) is 2.71. The average Bonchev–Trinajstić information content (AvgIpc) is 3.22. The first-order valence-corrected chi connectivity index (χ1v) is 14.1. The second-order valence-electron chi connectivity index (χ2n) is 9.29. The van der Waals surface area contributed by atoms with Gasteiger partial charge in [0.1, 0.15) is 11.6 Å². The van der Waals surface area contributed by atoms with Crippen LogP contribution in [0.3, 0.4) is 0 Å². The van der Waals surface area contributed by atoms with Crippen LogP contribution < -0.4 is 10.3 Å². The number of fused-ring (bicyclic) bond motifs is 1. The zero-order valence-corrected chi connectivity index (χ0v) is 22.6. The van der Waals surface area contributed by atoms with Crippen molar-refractivity contribution in [3.05, 3.63) is 40.1 Å². The van der Waals surface area contributed by atoms with Gasteiger partial charge in [0.25, 0.3) is 5.56 Å². The fourth-order valence-electron chi connectivity index (χ4n) is 4.74. The van der Waals surface area contributed by atoms with E-state index < -0.39 is 10.0 Å². The summed E-state index contributed by atoms with van der Waals surface area (Å²) in [6.45, 7) is 7.94. The molecule has 1 aliphatic rings. The van der Waals surface area contributed by atoms with Gasteiger partial charge in [0.05, 0.1) is 22.8 Å². The average molecular weight is 517 g/mol. The molecule has 0 radical (unpaired) electrons. The SMILES string of the molecule is CCCc1nc(CC)c2c(=O)[nH]c(-c3cc(S(=O)(=O)N(C)C4CCN(C)CC4)ccc3OCC)nn12. The second-order valence-corrected chi connectivity index (χ2v) is 11.3. The molecule has 4 rings (SSSR count). The van der Waals surface area contributed by atoms with E-state index in [0.717, 1.165) is 32.4 Å². The molecule has 2 aromatic heterocycles. The number of piperidine rings is 1. The first-order chi connectivity index (χ1) is 17.2. The summed E-state index contributed by atoms with van der Waals surface area (Å²) in [5.41, 5.74) is 1.22. The summed E-state index contributed by atoms with van der Waals surface area (Å²) in [4.78, 5) is 23.0. The molecule has 1 aliphatic heterocycles. The summed E-state index contributed by atoms with van der Waals surface area (Å²) < 4.78 is 36.1. The molecule has 0 amide bonds. The first kappa shape index (κ1) is 26.3. The number of aromatic amines is 1. The van der Waals surface area contributed by atoms with E-state index in [9.17, 15) is 13.2 Å².